The summed E-state index contributed by atoms with van der Waals surface area (Å²) in [5, 5.41) is 2.17. The van der Waals surface area contributed by atoms with Crippen molar-refractivity contribution in [3.05, 3.63) is 48.3 Å². The van der Waals surface area contributed by atoms with Crippen LogP contribution >= 0.6 is 0 Å². The predicted octanol–water partition coefficient (Wildman–Crippen LogP) is 4.80. The van der Waals surface area contributed by atoms with Crippen molar-refractivity contribution in [1.29, 1.82) is 0 Å². The third kappa shape index (κ3) is 2.69. The Labute approximate surface area is 152 Å². The average molecular weight is 346 g/mol. The summed E-state index contributed by atoms with van der Waals surface area (Å²) in [5.74, 6) is 2.05. The van der Waals surface area contributed by atoms with Gasteiger partial charge in [-0.25, -0.2) is 4.98 Å². The average Bonchev–Trinajstić information content (AvgIpc) is 2.99. The van der Waals surface area contributed by atoms with Gasteiger partial charge in [0, 0.05) is 30.3 Å². The number of hydrogen-bond acceptors (Lipinski definition) is 5. The van der Waals surface area contributed by atoms with Crippen molar-refractivity contribution in [1.82, 2.24) is 15.0 Å². The van der Waals surface area contributed by atoms with Crippen molar-refractivity contribution < 1.29 is 4.42 Å². The monoisotopic (exact) mass is 346 g/mol. The molecule has 0 unspecified atom stereocenters. The van der Waals surface area contributed by atoms with Gasteiger partial charge in [0.15, 0.2) is 5.82 Å². The van der Waals surface area contributed by atoms with Gasteiger partial charge in [-0.1, -0.05) is 51.1 Å². The molecule has 0 aliphatic rings. The van der Waals surface area contributed by atoms with Crippen molar-refractivity contribution >= 4 is 27.9 Å². The molecule has 5 heteroatoms. The second kappa shape index (κ2) is 5.80. The Morgan fingerprint density at radius 3 is 2.31 bits per heavy atom. The third-order valence-electron chi connectivity index (χ3n) is 4.34. The fourth-order valence-corrected chi connectivity index (χ4v) is 2.94. The maximum atomic E-state index is 6.15. The molecular weight excluding hydrogens is 324 g/mol. The van der Waals surface area contributed by atoms with Crippen molar-refractivity contribution in [3.63, 3.8) is 0 Å². The molecule has 0 radical (unpaired) electrons. The summed E-state index contributed by atoms with van der Waals surface area (Å²) < 4.78 is 6.15. The second-order valence-electron chi connectivity index (χ2n) is 7.71. The maximum absolute atomic E-state index is 6.15. The van der Waals surface area contributed by atoms with Crippen LogP contribution in [0.4, 0.5) is 5.95 Å². The lowest BCUT2D eigenvalue weighted by atomic mass is 9.95. The van der Waals surface area contributed by atoms with E-state index in [-0.39, 0.29) is 5.41 Å². The molecule has 0 saturated carbocycles. The summed E-state index contributed by atoms with van der Waals surface area (Å²) in [4.78, 5) is 16.0. The summed E-state index contributed by atoms with van der Waals surface area (Å²) in [5.41, 5.74) is 2.39. The molecule has 0 amide bonds. The lowest BCUT2D eigenvalue weighted by Crippen LogP contribution is -2.21. The van der Waals surface area contributed by atoms with Crippen LogP contribution in [0.5, 0.6) is 0 Å². The molecule has 0 bridgehead atoms. The molecule has 2 heterocycles. The molecule has 4 rings (SSSR count). The molecule has 132 valence electrons. The maximum Gasteiger partial charge on any atom is 0.228 e. The predicted molar refractivity (Wildman–Crippen MR) is 106 cm³/mol. The van der Waals surface area contributed by atoms with E-state index >= 15 is 0 Å². The van der Waals surface area contributed by atoms with Crippen LogP contribution < -0.4 is 4.90 Å². The van der Waals surface area contributed by atoms with Gasteiger partial charge in [0.2, 0.25) is 5.95 Å². The Balaban J connectivity index is 2.02. The SMILES string of the molecule is CN(C)c1nc(-c2cccc3c2oc2ccccc23)nc(C(C)(C)C)n1. The van der Waals surface area contributed by atoms with E-state index in [0.29, 0.717) is 11.8 Å². The number of rotatable bonds is 2. The zero-order chi connectivity index (χ0) is 18.5. The van der Waals surface area contributed by atoms with Gasteiger partial charge in [-0.05, 0) is 12.1 Å². The number of benzene rings is 2. The first-order chi connectivity index (χ1) is 12.3. The molecule has 26 heavy (non-hydrogen) atoms. The summed E-state index contributed by atoms with van der Waals surface area (Å²) in [6.45, 7) is 6.31. The molecule has 5 nitrogen and oxygen atoms in total. The molecule has 0 aliphatic carbocycles. The normalized spacial score (nSPS) is 12.0. The van der Waals surface area contributed by atoms with Crippen molar-refractivity contribution in [2.45, 2.75) is 26.2 Å². The highest BCUT2D eigenvalue weighted by Crippen LogP contribution is 2.35. The molecule has 0 spiro atoms. The van der Waals surface area contributed by atoms with Gasteiger partial charge < -0.3 is 9.32 Å². The number of furan rings is 1. The van der Waals surface area contributed by atoms with E-state index in [0.717, 1.165) is 33.3 Å². The van der Waals surface area contributed by atoms with Crippen LogP contribution in [-0.4, -0.2) is 29.0 Å². The van der Waals surface area contributed by atoms with Gasteiger partial charge in [-0.2, -0.15) is 9.97 Å². The number of anilines is 1. The van der Waals surface area contributed by atoms with Crippen LogP contribution in [0.3, 0.4) is 0 Å². The van der Waals surface area contributed by atoms with Gasteiger partial charge in [0.25, 0.3) is 0 Å². The summed E-state index contributed by atoms with van der Waals surface area (Å²) >= 11 is 0. The minimum absolute atomic E-state index is 0.176. The van der Waals surface area contributed by atoms with Crippen molar-refractivity contribution in [2.75, 3.05) is 19.0 Å². The van der Waals surface area contributed by atoms with E-state index in [1.54, 1.807) is 0 Å². The molecule has 2 aromatic carbocycles. The Bertz CT molecular complexity index is 1110. The lowest BCUT2D eigenvalue weighted by molar-refractivity contribution is 0.542. The quantitative estimate of drug-likeness (QED) is 0.522. The highest BCUT2D eigenvalue weighted by Gasteiger charge is 2.22. The highest BCUT2D eigenvalue weighted by molar-refractivity contribution is 6.08. The van der Waals surface area contributed by atoms with Gasteiger partial charge >= 0.3 is 0 Å². The minimum atomic E-state index is -0.176. The van der Waals surface area contributed by atoms with E-state index in [1.165, 1.54) is 0 Å². The van der Waals surface area contributed by atoms with Gasteiger partial charge in [-0.3, -0.25) is 0 Å². The zero-order valence-corrected chi connectivity index (χ0v) is 15.7. The summed E-state index contributed by atoms with van der Waals surface area (Å²) in [6.07, 6.45) is 0. The number of fused-ring (bicyclic) bond motifs is 3. The molecule has 0 saturated heterocycles. The van der Waals surface area contributed by atoms with Crippen molar-refractivity contribution in [2.24, 2.45) is 0 Å². The van der Waals surface area contributed by atoms with Crippen LogP contribution in [-0.2, 0) is 5.41 Å². The Hall–Kier alpha value is -2.95. The van der Waals surface area contributed by atoms with E-state index in [2.05, 4.69) is 42.9 Å². The van der Waals surface area contributed by atoms with Crippen LogP contribution in [0.1, 0.15) is 26.6 Å². The lowest BCUT2D eigenvalue weighted by Gasteiger charge is -2.20. The molecule has 2 aromatic heterocycles. The molecule has 0 N–H and O–H groups in total. The zero-order valence-electron chi connectivity index (χ0n) is 15.7. The number of nitrogens with zero attached hydrogens (tertiary/aromatic N) is 4. The van der Waals surface area contributed by atoms with Gasteiger partial charge in [-0.15, -0.1) is 0 Å². The van der Waals surface area contributed by atoms with E-state index in [1.807, 2.05) is 49.3 Å². The van der Waals surface area contributed by atoms with Crippen LogP contribution in [0, 0.1) is 0 Å². The van der Waals surface area contributed by atoms with E-state index < -0.39 is 0 Å². The van der Waals surface area contributed by atoms with Crippen LogP contribution in [0.2, 0.25) is 0 Å². The number of para-hydroxylation sites is 2. The molecule has 0 fully saturated rings. The molecule has 4 aromatic rings. The smallest absolute Gasteiger partial charge is 0.228 e. The highest BCUT2D eigenvalue weighted by atomic mass is 16.3. The minimum Gasteiger partial charge on any atom is -0.455 e. The fraction of sp³-hybridized carbons (Fsp3) is 0.286. The molecule has 0 atom stereocenters. The second-order valence-corrected chi connectivity index (χ2v) is 7.71. The first-order valence-corrected chi connectivity index (χ1v) is 8.69. The largest absolute Gasteiger partial charge is 0.455 e. The Morgan fingerprint density at radius 2 is 1.58 bits per heavy atom. The third-order valence-corrected chi connectivity index (χ3v) is 4.34. The molecule has 0 aliphatic heterocycles. The summed E-state index contributed by atoms with van der Waals surface area (Å²) in [7, 11) is 3.88. The number of hydrogen-bond donors (Lipinski definition) is 0. The van der Waals surface area contributed by atoms with Crippen molar-refractivity contribution in [3.8, 4) is 11.4 Å². The van der Waals surface area contributed by atoms with E-state index in [4.69, 9.17) is 9.40 Å². The van der Waals surface area contributed by atoms with E-state index in [9.17, 15) is 0 Å². The first kappa shape index (κ1) is 16.5. The van der Waals surface area contributed by atoms with Crippen LogP contribution in [0.25, 0.3) is 33.3 Å². The van der Waals surface area contributed by atoms with Gasteiger partial charge in [0.1, 0.15) is 17.0 Å². The topological polar surface area (TPSA) is 55.1 Å². The summed E-state index contributed by atoms with van der Waals surface area (Å²) in [6, 6.07) is 14.2. The Kier molecular flexibility index (Phi) is 3.68. The first-order valence-electron chi connectivity index (χ1n) is 8.69. The van der Waals surface area contributed by atoms with Crippen LogP contribution in [0.15, 0.2) is 46.9 Å². The fourth-order valence-electron chi connectivity index (χ4n) is 2.94. The molecular formula is C21H22N4O. The standard InChI is InChI=1S/C21H22N4O/c1-21(2,3)19-22-18(23-20(24-19)25(4)5)15-11-8-10-14-13-9-6-7-12-16(13)26-17(14)15/h6-12H,1-5H3. The Morgan fingerprint density at radius 1 is 0.846 bits per heavy atom. The number of aromatic nitrogens is 3. The van der Waals surface area contributed by atoms with Gasteiger partial charge in [0.05, 0.1) is 5.56 Å².